The van der Waals surface area contributed by atoms with Crippen LogP contribution in [0.5, 0.6) is 0 Å². The van der Waals surface area contributed by atoms with E-state index < -0.39 is 0 Å². The van der Waals surface area contributed by atoms with Crippen molar-refractivity contribution in [3.05, 3.63) is 99.7 Å². The van der Waals surface area contributed by atoms with Crippen molar-refractivity contribution < 1.29 is 4.79 Å². The first-order valence-electron chi connectivity index (χ1n) is 8.01. The molecule has 0 saturated heterocycles. The fraction of sp³-hybridized carbons (Fsp3) is 0.150. The Morgan fingerprint density at radius 3 is 2.40 bits per heavy atom. The Bertz CT molecular complexity index is 881. The van der Waals surface area contributed by atoms with E-state index in [2.05, 4.69) is 9.97 Å². The van der Waals surface area contributed by atoms with Gasteiger partial charge in [-0.05, 0) is 36.8 Å². The van der Waals surface area contributed by atoms with Crippen LogP contribution < -0.4 is 5.56 Å². The standard InChI is InChI=1S/C20H19N3O2/c1-14-11-12-16(19(24)22-14)20(25)23(2)18(15-8-4-3-5-9-15)17-10-6-7-13-21-17/h3-13,18H,1-2H3,(H,22,24)/t18-/m1/s1. The minimum atomic E-state index is -0.385. The van der Waals surface area contributed by atoms with Crippen molar-refractivity contribution in [3.8, 4) is 0 Å². The van der Waals surface area contributed by atoms with Gasteiger partial charge in [0, 0.05) is 18.9 Å². The molecule has 3 rings (SSSR count). The molecule has 0 spiro atoms. The number of benzene rings is 1. The van der Waals surface area contributed by atoms with Gasteiger partial charge in [0.1, 0.15) is 5.56 Å². The molecule has 0 aliphatic carbocycles. The molecule has 3 aromatic rings. The first-order valence-corrected chi connectivity index (χ1v) is 8.01. The Kier molecular flexibility index (Phi) is 4.75. The number of nitrogens with zero attached hydrogens (tertiary/aromatic N) is 2. The van der Waals surface area contributed by atoms with Crippen LogP contribution in [0.1, 0.15) is 33.4 Å². The first-order chi connectivity index (χ1) is 12.1. The second kappa shape index (κ2) is 7.13. The molecule has 1 atom stereocenters. The summed E-state index contributed by atoms with van der Waals surface area (Å²) in [5.74, 6) is -0.347. The number of nitrogens with one attached hydrogen (secondary N) is 1. The van der Waals surface area contributed by atoms with Crippen molar-refractivity contribution in [3.63, 3.8) is 0 Å². The average Bonchev–Trinajstić information content (AvgIpc) is 2.63. The second-order valence-corrected chi connectivity index (χ2v) is 5.87. The molecule has 0 aliphatic rings. The number of pyridine rings is 2. The predicted octanol–water partition coefficient (Wildman–Crippen LogP) is 2.94. The van der Waals surface area contributed by atoms with Crippen molar-refractivity contribution in [1.29, 1.82) is 0 Å². The Balaban J connectivity index is 2.04. The molecule has 5 nitrogen and oxygen atoms in total. The van der Waals surface area contributed by atoms with E-state index >= 15 is 0 Å². The van der Waals surface area contributed by atoms with Gasteiger partial charge in [-0.25, -0.2) is 0 Å². The van der Waals surface area contributed by atoms with Crippen LogP contribution in [0.15, 0.2) is 71.7 Å². The monoisotopic (exact) mass is 333 g/mol. The Labute approximate surface area is 146 Å². The van der Waals surface area contributed by atoms with Crippen LogP contribution in [0, 0.1) is 6.92 Å². The maximum Gasteiger partial charge on any atom is 0.260 e. The molecule has 0 saturated carbocycles. The number of hydrogen-bond acceptors (Lipinski definition) is 3. The quantitative estimate of drug-likeness (QED) is 0.798. The Hall–Kier alpha value is -3.21. The normalized spacial score (nSPS) is 11.8. The molecule has 1 amide bonds. The molecule has 0 bridgehead atoms. The Morgan fingerprint density at radius 1 is 1.04 bits per heavy atom. The van der Waals surface area contributed by atoms with Gasteiger partial charge in [-0.2, -0.15) is 0 Å². The minimum absolute atomic E-state index is 0.116. The maximum absolute atomic E-state index is 12.9. The topological polar surface area (TPSA) is 66.1 Å². The SMILES string of the molecule is Cc1ccc(C(=O)N(C)[C@H](c2ccccc2)c2ccccn2)c(=O)[nH]1. The van der Waals surface area contributed by atoms with Crippen molar-refractivity contribution in [1.82, 2.24) is 14.9 Å². The molecule has 1 aromatic carbocycles. The van der Waals surface area contributed by atoms with Crippen LogP contribution in [0.3, 0.4) is 0 Å². The zero-order valence-corrected chi connectivity index (χ0v) is 14.1. The van der Waals surface area contributed by atoms with E-state index in [-0.39, 0.29) is 23.1 Å². The van der Waals surface area contributed by atoms with E-state index in [9.17, 15) is 9.59 Å². The maximum atomic E-state index is 12.9. The van der Waals surface area contributed by atoms with Crippen LogP contribution >= 0.6 is 0 Å². The molecule has 0 unspecified atom stereocenters. The number of carbonyl (C=O) groups excluding carboxylic acids is 1. The summed E-state index contributed by atoms with van der Waals surface area (Å²) in [6.45, 7) is 1.78. The smallest absolute Gasteiger partial charge is 0.260 e. The lowest BCUT2D eigenvalue weighted by atomic mass is 10.0. The van der Waals surface area contributed by atoms with Gasteiger partial charge in [-0.1, -0.05) is 36.4 Å². The number of carbonyl (C=O) groups is 1. The van der Waals surface area contributed by atoms with E-state index in [0.717, 1.165) is 11.3 Å². The van der Waals surface area contributed by atoms with Gasteiger partial charge >= 0.3 is 0 Å². The van der Waals surface area contributed by atoms with Gasteiger partial charge in [-0.3, -0.25) is 14.6 Å². The minimum Gasteiger partial charge on any atom is -0.329 e. The molecule has 1 N–H and O–H groups in total. The summed E-state index contributed by atoms with van der Waals surface area (Å²) in [5, 5.41) is 0. The van der Waals surface area contributed by atoms with Gasteiger partial charge in [0.2, 0.25) is 0 Å². The molecule has 0 radical (unpaired) electrons. The van der Waals surface area contributed by atoms with Gasteiger partial charge in [0.05, 0.1) is 11.7 Å². The zero-order chi connectivity index (χ0) is 17.8. The third-order valence-corrected chi connectivity index (χ3v) is 4.08. The van der Waals surface area contributed by atoms with Crippen LogP contribution in [0.4, 0.5) is 0 Å². The average molecular weight is 333 g/mol. The number of H-pyrrole nitrogens is 1. The van der Waals surface area contributed by atoms with Crippen LogP contribution in [-0.4, -0.2) is 27.8 Å². The highest BCUT2D eigenvalue weighted by Gasteiger charge is 2.26. The first kappa shape index (κ1) is 16.6. The number of aryl methyl sites for hydroxylation is 1. The molecule has 0 aliphatic heterocycles. The molecule has 5 heteroatoms. The summed E-state index contributed by atoms with van der Waals surface area (Å²) in [5.41, 5.74) is 2.12. The van der Waals surface area contributed by atoms with E-state index in [4.69, 9.17) is 0 Å². The molecule has 2 heterocycles. The van der Waals surface area contributed by atoms with Crippen LogP contribution in [-0.2, 0) is 0 Å². The summed E-state index contributed by atoms with van der Waals surface area (Å²) < 4.78 is 0. The molecular weight excluding hydrogens is 314 g/mol. The fourth-order valence-corrected chi connectivity index (χ4v) is 2.81. The van der Waals surface area contributed by atoms with Gasteiger partial charge in [0.15, 0.2) is 0 Å². The van der Waals surface area contributed by atoms with E-state index in [0.29, 0.717) is 5.69 Å². The lowest BCUT2D eigenvalue weighted by Crippen LogP contribution is -2.35. The van der Waals surface area contributed by atoms with Gasteiger partial charge < -0.3 is 9.88 Å². The highest BCUT2D eigenvalue weighted by Crippen LogP contribution is 2.26. The van der Waals surface area contributed by atoms with E-state index in [1.807, 2.05) is 48.5 Å². The molecule has 2 aromatic heterocycles. The lowest BCUT2D eigenvalue weighted by molar-refractivity contribution is 0.0751. The second-order valence-electron chi connectivity index (χ2n) is 5.87. The van der Waals surface area contributed by atoms with Crippen LogP contribution in [0.25, 0.3) is 0 Å². The molecular formula is C20H19N3O2. The van der Waals surface area contributed by atoms with Crippen LogP contribution in [0.2, 0.25) is 0 Å². The zero-order valence-electron chi connectivity index (χ0n) is 14.1. The molecule has 0 fully saturated rings. The summed E-state index contributed by atoms with van der Waals surface area (Å²) >= 11 is 0. The van der Waals surface area contributed by atoms with Crippen molar-refractivity contribution in [2.24, 2.45) is 0 Å². The predicted molar refractivity (Wildman–Crippen MR) is 96.4 cm³/mol. The molecule has 126 valence electrons. The number of amides is 1. The third kappa shape index (κ3) is 3.50. The summed E-state index contributed by atoms with van der Waals surface area (Å²) in [4.78, 5) is 33.7. The fourth-order valence-electron chi connectivity index (χ4n) is 2.81. The third-order valence-electron chi connectivity index (χ3n) is 4.08. The summed E-state index contributed by atoms with van der Waals surface area (Å²) in [7, 11) is 1.69. The number of aromatic amines is 1. The van der Waals surface area contributed by atoms with Crippen molar-refractivity contribution in [2.75, 3.05) is 7.05 Å². The van der Waals surface area contributed by atoms with Crippen molar-refractivity contribution >= 4 is 5.91 Å². The summed E-state index contributed by atoms with van der Waals surface area (Å²) in [6.07, 6.45) is 1.70. The van der Waals surface area contributed by atoms with E-state index in [1.165, 1.54) is 0 Å². The van der Waals surface area contributed by atoms with E-state index in [1.54, 1.807) is 37.2 Å². The number of hydrogen-bond donors (Lipinski definition) is 1. The summed E-state index contributed by atoms with van der Waals surface area (Å²) in [6, 6.07) is 18.2. The number of rotatable bonds is 4. The largest absolute Gasteiger partial charge is 0.329 e. The lowest BCUT2D eigenvalue weighted by Gasteiger charge is -2.28. The van der Waals surface area contributed by atoms with Crippen molar-refractivity contribution in [2.45, 2.75) is 13.0 Å². The molecule has 25 heavy (non-hydrogen) atoms. The highest BCUT2D eigenvalue weighted by atomic mass is 16.2. The van der Waals surface area contributed by atoms with Gasteiger partial charge in [-0.15, -0.1) is 0 Å². The van der Waals surface area contributed by atoms with Gasteiger partial charge in [0.25, 0.3) is 11.5 Å². The Morgan fingerprint density at radius 2 is 1.76 bits per heavy atom. The highest BCUT2D eigenvalue weighted by molar-refractivity contribution is 5.94. The number of aromatic nitrogens is 2.